The maximum atomic E-state index is 13.8. The molecule has 5 nitrogen and oxygen atoms in total. The number of aliphatic hydroxyl groups excluding tert-OH is 1. The fourth-order valence-corrected chi connectivity index (χ4v) is 6.02. The third-order valence-corrected chi connectivity index (χ3v) is 8.86. The SMILES string of the molecule is CC(C(=O)C(CC(N)C(F)(F)F)=Nc1cccc(C#N)c1)C(C)c1cccc(C(O)c2c3ccccc3c(Cl)c3ccccc23)c1. The van der Waals surface area contributed by atoms with Gasteiger partial charge < -0.3 is 10.8 Å². The average Bonchev–Trinajstić information content (AvgIpc) is 3.06. The maximum Gasteiger partial charge on any atom is 0.404 e. The Hall–Kier alpha value is -4.55. The zero-order valence-corrected chi connectivity index (χ0v) is 25.8. The molecule has 0 bridgehead atoms. The van der Waals surface area contributed by atoms with E-state index < -0.39 is 42.4 Å². The number of rotatable bonds is 9. The summed E-state index contributed by atoms with van der Waals surface area (Å²) >= 11 is 6.77. The number of fused-ring (bicyclic) bond motifs is 2. The highest BCUT2D eigenvalue weighted by Gasteiger charge is 2.39. The van der Waals surface area contributed by atoms with Crippen LogP contribution in [-0.2, 0) is 4.79 Å². The Kier molecular flexibility index (Phi) is 9.59. The molecule has 4 unspecified atom stereocenters. The van der Waals surface area contributed by atoms with Crippen molar-refractivity contribution in [2.75, 3.05) is 0 Å². The zero-order chi connectivity index (χ0) is 33.2. The van der Waals surface area contributed by atoms with E-state index >= 15 is 0 Å². The topological polar surface area (TPSA) is 99.5 Å². The molecule has 0 saturated carbocycles. The van der Waals surface area contributed by atoms with Crippen molar-refractivity contribution in [2.45, 2.75) is 44.5 Å². The Morgan fingerprint density at radius 1 is 0.891 bits per heavy atom. The van der Waals surface area contributed by atoms with E-state index in [1.807, 2.05) is 66.7 Å². The van der Waals surface area contributed by atoms with E-state index in [0.29, 0.717) is 21.7 Å². The van der Waals surface area contributed by atoms with E-state index in [0.717, 1.165) is 21.5 Å². The zero-order valence-electron chi connectivity index (χ0n) is 25.1. The highest BCUT2D eigenvalue weighted by Crippen LogP contribution is 2.41. The molecule has 5 aromatic carbocycles. The molecule has 5 aromatic rings. The summed E-state index contributed by atoms with van der Waals surface area (Å²) in [6.45, 7) is 3.44. The minimum absolute atomic E-state index is 0.184. The van der Waals surface area contributed by atoms with Gasteiger partial charge in [0.05, 0.1) is 28.1 Å². The molecule has 5 rings (SSSR count). The van der Waals surface area contributed by atoms with Gasteiger partial charge in [-0.2, -0.15) is 18.4 Å². The number of aliphatic hydroxyl groups is 1. The third kappa shape index (κ3) is 6.68. The van der Waals surface area contributed by atoms with Gasteiger partial charge in [-0.05, 0) is 46.0 Å². The fraction of sp³-hybridized carbons (Fsp3) is 0.216. The molecule has 0 fully saturated rings. The number of nitrogens with zero attached hydrogens (tertiary/aromatic N) is 2. The first-order valence-corrected chi connectivity index (χ1v) is 15.1. The van der Waals surface area contributed by atoms with E-state index in [-0.39, 0.29) is 17.0 Å². The van der Waals surface area contributed by atoms with Crippen molar-refractivity contribution in [3.05, 3.63) is 124 Å². The number of Topliss-reactive ketones (excluding diaryl/α,β-unsaturated/α-hetero) is 1. The summed E-state index contributed by atoms with van der Waals surface area (Å²) in [6.07, 6.45) is -6.59. The Morgan fingerprint density at radius 2 is 1.46 bits per heavy atom. The summed E-state index contributed by atoms with van der Waals surface area (Å²) in [5, 5.41) is 24.9. The van der Waals surface area contributed by atoms with Crippen LogP contribution < -0.4 is 5.73 Å². The molecule has 0 aliphatic carbocycles. The number of halogens is 4. The first-order valence-electron chi connectivity index (χ1n) is 14.7. The van der Waals surface area contributed by atoms with Crippen LogP contribution in [0.4, 0.5) is 18.9 Å². The highest BCUT2D eigenvalue weighted by molar-refractivity contribution is 6.41. The van der Waals surface area contributed by atoms with Crippen molar-refractivity contribution in [3.8, 4) is 6.07 Å². The Balaban J connectivity index is 1.50. The van der Waals surface area contributed by atoms with Crippen LogP contribution in [0.5, 0.6) is 0 Å². The van der Waals surface area contributed by atoms with Crippen molar-refractivity contribution >= 4 is 50.3 Å². The predicted octanol–water partition coefficient (Wildman–Crippen LogP) is 8.96. The average molecular weight is 642 g/mol. The van der Waals surface area contributed by atoms with Crippen LogP contribution in [-0.4, -0.2) is 28.8 Å². The number of benzene rings is 5. The molecule has 0 aliphatic rings. The number of carbonyl (C=O) groups excluding carboxylic acids is 1. The van der Waals surface area contributed by atoms with Gasteiger partial charge in [0, 0.05) is 28.7 Å². The summed E-state index contributed by atoms with van der Waals surface area (Å²) in [5.41, 5.74) is 7.55. The summed E-state index contributed by atoms with van der Waals surface area (Å²) in [6, 6.07) is 28.0. The molecule has 0 spiro atoms. The van der Waals surface area contributed by atoms with Crippen molar-refractivity contribution in [1.82, 2.24) is 0 Å². The van der Waals surface area contributed by atoms with Gasteiger partial charge in [0.2, 0.25) is 0 Å². The number of carbonyl (C=O) groups is 1. The monoisotopic (exact) mass is 641 g/mol. The molecule has 4 atom stereocenters. The molecule has 3 N–H and O–H groups in total. The van der Waals surface area contributed by atoms with Crippen molar-refractivity contribution < 1.29 is 23.1 Å². The second-order valence-electron chi connectivity index (χ2n) is 11.4. The molecule has 0 aliphatic heterocycles. The predicted molar refractivity (Wildman–Crippen MR) is 176 cm³/mol. The third-order valence-electron chi connectivity index (χ3n) is 8.45. The number of nitrogens with two attached hydrogens (primary N) is 1. The van der Waals surface area contributed by atoms with Crippen molar-refractivity contribution in [1.29, 1.82) is 5.26 Å². The van der Waals surface area contributed by atoms with Gasteiger partial charge in [0.25, 0.3) is 0 Å². The van der Waals surface area contributed by atoms with E-state index in [1.165, 1.54) is 18.2 Å². The molecule has 0 amide bonds. The van der Waals surface area contributed by atoms with Crippen LogP contribution >= 0.6 is 11.6 Å². The Labute approximate surface area is 269 Å². The lowest BCUT2D eigenvalue weighted by molar-refractivity contribution is -0.146. The quantitative estimate of drug-likeness (QED) is 0.124. The van der Waals surface area contributed by atoms with Gasteiger partial charge >= 0.3 is 6.18 Å². The fourth-order valence-electron chi connectivity index (χ4n) is 5.69. The molecule has 46 heavy (non-hydrogen) atoms. The molecular formula is C37H31ClF3N3O2. The van der Waals surface area contributed by atoms with Crippen LogP contribution in [0.1, 0.15) is 54.5 Å². The summed E-state index contributed by atoms with van der Waals surface area (Å²) in [7, 11) is 0. The van der Waals surface area contributed by atoms with Crippen LogP contribution in [0.3, 0.4) is 0 Å². The van der Waals surface area contributed by atoms with Gasteiger partial charge in [-0.1, -0.05) is 104 Å². The minimum atomic E-state index is -4.73. The van der Waals surface area contributed by atoms with Gasteiger partial charge in [-0.3, -0.25) is 4.79 Å². The summed E-state index contributed by atoms with van der Waals surface area (Å²) in [4.78, 5) is 18.0. The van der Waals surface area contributed by atoms with Gasteiger partial charge in [-0.15, -0.1) is 0 Å². The first-order chi connectivity index (χ1) is 21.9. The second kappa shape index (κ2) is 13.4. The largest absolute Gasteiger partial charge is 0.404 e. The highest BCUT2D eigenvalue weighted by atomic mass is 35.5. The second-order valence-corrected chi connectivity index (χ2v) is 11.8. The molecule has 9 heteroatoms. The Bertz CT molecular complexity index is 1940. The summed E-state index contributed by atoms with van der Waals surface area (Å²) in [5.74, 6) is -1.84. The number of hydrogen-bond donors (Lipinski definition) is 2. The van der Waals surface area contributed by atoms with Crippen LogP contribution in [0, 0.1) is 17.2 Å². The molecule has 0 saturated heterocycles. The number of ketones is 1. The lowest BCUT2D eigenvalue weighted by atomic mass is 9.82. The number of aliphatic imine (C=N–C) groups is 1. The smallest absolute Gasteiger partial charge is 0.384 e. The first kappa shape index (κ1) is 32.8. The van der Waals surface area contributed by atoms with Gasteiger partial charge in [0.1, 0.15) is 12.1 Å². The van der Waals surface area contributed by atoms with Crippen LogP contribution in [0.15, 0.2) is 102 Å². The Morgan fingerprint density at radius 3 is 2.04 bits per heavy atom. The minimum Gasteiger partial charge on any atom is -0.384 e. The van der Waals surface area contributed by atoms with Gasteiger partial charge in [0.15, 0.2) is 5.78 Å². The van der Waals surface area contributed by atoms with E-state index in [4.69, 9.17) is 17.3 Å². The van der Waals surface area contributed by atoms with E-state index in [1.54, 1.807) is 32.0 Å². The molecule has 234 valence electrons. The number of alkyl halides is 3. The molecule has 0 heterocycles. The molecule has 0 radical (unpaired) electrons. The standard InChI is InChI=1S/C37H31ClF3N3O2/c1-21(22(2)35(45)31(19-32(43)37(39,40)41)44-26-12-7-9-23(17-26)20-42)24-10-8-11-25(18-24)36(46)33-27-13-3-5-15-29(27)34(38)30-16-6-4-14-28(30)33/h3-18,21-22,32,36,46H,19,43H2,1-2H3. The summed E-state index contributed by atoms with van der Waals surface area (Å²) < 4.78 is 40.4. The number of nitriles is 1. The molecule has 0 aromatic heterocycles. The van der Waals surface area contributed by atoms with Gasteiger partial charge in [-0.25, -0.2) is 4.99 Å². The van der Waals surface area contributed by atoms with Crippen molar-refractivity contribution in [3.63, 3.8) is 0 Å². The number of hydrogen-bond acceptors (Lipinski definition) is 5. The van der Waals surface area contributed by atoms with Crippen molar-refractivity contribution in [2.24, 2.45) is 16.6 Å². The van der Waals surface area contributed by atoms with E-state index in [2.05, 4.69) is 4.99 Å². The molecular weight excluding hydrogens is 611 g/mol. The van der Waals surface area contributed by atoms with Crippen LogP contribution in [0.25, 0.3) is 21.5 Å². The lowest BCUT2D eigenvalue weighted by Crippen LogP contribution is -2.41. The van der Waals surface area contributed by atoms with Crippen LogP contribution in [0.2, 0.25) is 5.02 Å². The lowest BCUT2D eigenvalue weighted by Gasteiger charge is -2.24. The normalized spacial score (nSPS) is 14.9. The van der Waals surface area contributed by atoms with E-state index in [9.17, 15) is 28.3 Å². The maximum absolute atomic E-state index is 13.8.